The van der Waals surface area contributed by atoms with Gasteiger partial charge in [-0.05, 0) is 63.1 Å². The van der Waals surface area contributed by atoms with Gasteiger partial charge in [0, 0.05) is 13.1 Å². The fourth-order valence-electron chi connectivity index (χ4n) is 4.31. The Balaban J connectivity index is 1.62. The number of aliphatic hydroxyl groups is 1. The van der Waals surface area contributed by atoms with Crippen LogP contribution in [0.15, 0.2) is 84.9 Å². The summed E-state index contributed by atoms with van der Waals surface area (Å²) in [5, 5.41) is 15.7. The molecule has 0 saturated carbocycles. The molecule has 1 aromatic heterocycles. The molecule has 5 heteroatoms. The Labute approximate surface area is 208 Å². The van der Waals surface area contributed by atoms with Crippen molar-refractivity contribution >= 4 is 0 Å². The highest BCUT2D eigenvalue weighted by molar-refractivity contribution is 5.43. The van der Waals surface area contributed by atoms with E-state index in [0.29, 0.717) is 19.5 Å². The Bertz CT molecular complexity index is 1190. The van der Waals surface area contributed by atoms with Crippen molar-refractivity contribution in [2.75, 3.05) is 13.1 Å². The molecule has 1 heterocycles. The molecule has 1 atom stereocenters. The average Bonchev–Trinajstić information content (AvgIpc) is 3.16. The third-order valence-corrected chi connectivity index (χ3v) is 6.08. The summed E-state index contributed by atoms with van der Waals surface area (Å²) in [4.78, 5) is 2.30. The summed E-state index contributed by atoms with van der Waals surface area (Å²) in [7, 11) is 0. The van der Waals surface area contributed by atoms with Crippen LogP contribution in [0.5, 0.6) is 11.6 Å². The van der Waals surface area contributed by atoms with E-state index < -0.39 is 6.10 Å². The number of ether oxygens (including phenoxy) is 1. The highest BCUT2D eigenvalue weighted by Gasteiger charge is 2.22. The minimum Gasteiger partial charge on any atom is -0.439 e. The fraction of sp³-hybridized carbons (Fsp3) is 0.300. The first-order valence-electron chi connectivity index (χ1n) is 12.4. The number of benzene rings is 3. The van der Waals surface area contributed by atoms with E-state index in [9.17, 15) is 5.11 Å². The molecule has 1 N–H and O–H groups in total. The Kier molecular flexibility index (Phi) is 8.35. The van der Waals surface area contributed by atoms with Gasteiger partial charge in [-0.1, -0.05) is 73.2 Å². The molecule has 3 aromatic carbocycles. The molecule has 0 unspecified atom stereocenters. The number of aliphatic hydroxyl groups excluding tert-OH is 1. The lowest BCUT2D eigenvalue weighted by atomic mass is 10.1. The Hall–Kier alpha value is -3.41. The van der Waals surface area contributed by atoms with Crippen LogP contribution in [-0.2, 0) is 13.0 Å². The van der Waals surface area contributed by atoms with Crippen molar-refractivity contribution in [2.24, 2.45) is 0 Å². The van der Waals surface area contributed by atoms with Gasteiger partial charge in [-0.3, -0.25) is 4.90 Å². The first-order chi connectivity index (χ1) is 17.0. The SMILES string of the molecule is CCCN(Cc1c(C)nn(-c2ccccc2)c1Oc1ccc(C)cc1)C[C@@H](O)Cc1ccccc1. The molecule has 0 aliphatic rings. The third kappa shape index (κ3) is 6.59. The summed E-state index contributed by atoms with van der Waals surface area (Å²) in [6.45, 7) is 8.38. The van der Waals surface area contributed by atoms with Gasteiger partial charge in [-0.2, -0.15) is 5.10 Å². The van der Waals surface area contributed by atoms with Gasteiger partial charge in [0.2, 0.25) is 5.88 Å². The summed E-state index contributed by atoms with van der Waals surface area (Å²) < 4.78 is 8.35. The van der Waals surface area contributed by atoms with E-state index in [1.807, 2.05) is 72.3 Å². The lowest BCUT2D eigenvalue weighted by Gasteiger charge is -2.25. The van der Waals surface area contributed by atoms with Crippen LogP contribution in [0.25, 0.3) is 5.69 Å². The van der Waals surface area contributed by atoms with Gasteiger partial charge in [0.15, 0.2) is 0 Å². The number of aromatic nitrogens is 2. The van der Waals surface area contributed by atoms with Crippen molar-refractivity contribution in [3.63, 3.8) is 0 Å². The molecular formula is C30H35N3O2. The van der Waals surface area contributed by atoms with Gasteiger partial charge in [0.25, 0.3) is 0 Å². The molecule has 0 amide bonds. The van der Waals surface area contributed by atoms with Crippen molar-refractivity contribution in [1.29, 1.82) is 0 Å². The molecule has 0 saturated heterocycles. The fourth-order valence-corrected chi connectivity index (χ4v) is 4.31. The van der Waals surface area contributed by atoms with Crippen LogP contribution in [0.2, 0.25) is 0 Å². The number of nitrogens with zero attached hydrogens (tertiary/aromatic N) is 3. The molecule has 0 radical (unpaired) electrons. The van der Waals surface area contributed by atoms with Gasteiger partial charge in [0.1, 0.15) is 5.75 Å². The molecule has 0 spiro atoms. The van der Waals surface area contributed by atoms with Crippen molar-refractivity contribution in [3.05, 3.63) is 107 Å². The van der Waals surface area contributed by atoms with Crippen molar-refractivity contribution in [2.45, 2.75) is 46.3 Å². The number of hydrogen-bond acceptors (Lipinski definition) is 4. The van der Waals surface area contributed by atoms with Crippen LogP contribution < -0.4 is 4.74 Å². The molecule has 0 fully saturated rings. The van der Waals surface area contributed by atoms with Gasteiger partial charge in [0.05, 0.1) is 23.0 Å². The molecule has 4 rings (SSSR count). The number of para-hydroxylation sites is 1. The topological polar surface area (TPSA) is 50.5 Å². The van der Waals surface area contributed by atoms with E-state index in [1.165, 1.54) is 5.56 Å². The van der Waals surface area contributed by atoms with Crippen LogP contribution in [0, 0.1) is 13.8 Å². The molecule has 0 aliphatic heterocycles. The van der Waals surface area contributed by atoms with Crippen LogP contribution in [-0.4, -0.2) is 39.0 Å². The summed E-state index contributed by atoms with van der Waals surface area (Å²) >= 11 is 0. The van der Waals surface area contributed by atoms with E-state index in [-0.39, 0.29) is 0 Å². The second-order valence-electron chi connectivity index (χ2n) is 9.11. The van der Waals surface area contributed by atoms with Crippen molar-refractivity contribution in [1.82, 2.24) is 14.7 Å². The smallest absolute Gasteiger partial charge is 0.227 e. The zero-order valence-electron chi connectivity index (χ0n) is 20.9. The van der Waals surface area contributed by atoms with Gasteiger partial charge in [-0.15, -0.1) is 0 Å². The molecular weight excluding hydrogens is 434 g/mol. The minimum absolute atomic E-state index is 0.449. The Morgan fingerprint density at radius 3 is 2.23 bits per heavy atom. The quantitative estimate of drug-likeness (QED) is 0.288. The van der Waals surface area contributed by atoms with Crippen LogP contribution in [0.3, 0.4) is 0 Å². The normalized spacial score (nSPS) is 12.1. The third-order valence-electron chi connectivity index (χ3n) is 6.08. The lowest BCUT2D eigenvalue weighted by Crippen LogP contribution is -2.34. The number of aryl methyl sites for hydroxylation is 2. The molecule has 182 valence electrons. The lowest BCUT2D eigenvalue weighted by molar-refractivity contribution is 0.108. The Morgan fingerprint density at radius 1 is 0.914 bits per heavy atom. The zero-order chi connectivity index (χ0) is 24.6. The maximum Gasteiger partial charge on any atom is 0.227 e. The summed E-state index contributed by atoms with van der Waals surface area (Å²) in [5.74, 6) is 1.50. The molecule has 35 heavy (non-hydrogen) atoms. The molecule has 5 nitrogen and oxygen atoms in total. The van der Waals surface area contributed by atoms with E-state index in [2.05, 4.69) is 43.0 Å². The summed E-state index contributed by atoms with van der Waals surface area (Å²) in [6, 6.07) is 28.3. The predicted molar refractivity (Wildman–Crippen MR) is 141 cm³/mol. The highest BCUT2D eigenvalue weighted by atomic mass is 16.5. The van der Waals surface area contributed by atoms with Crippen molar-refractivity contribution < 1.29 is 9.84 Å². The maximum absolute atomic E-state index is 10.9. The predicted octanol–water partition coefficient (Wildman–Crippen LogP) is 6.10. The van der Waals surface area contributed by atoms with E-state index in [0.717, 1.165) is 47.1 Å². The van der Waals surface area contributed by atoms with Gasteiger partial charge < -0.3 is 9.84 Å². The van der Waals surface area contributed by atoms with Crippen LogP contribution in [0.1, 0.15) is 35.7 Å². The second kappa shape index (κ2) is 11.8. The monoisotopic (exact) mass is 469 g/mol. The number of hydrogen-bond donors (Lipinski definition) is 1. The van der Waals surface area contributed by atoms with Crippen molar-refractivity contribution in [3.8, 4) is 17.3 Å². The van der Waals surface area contributed by atoms with E-state index in [4.69, 9.17) is 9.84 Å². The van der Waals surface area contributed by atoms with Crippen LogP contribution >= 0.6 is 0 Å². The average molecular weight is 470 g/mol. The largest absolute Gasteiger partial charge is 0.439 e. The minimum atomic E-state index is -0.449. The Morgan fingerprint density at radius 2 is 1.57 bits per heavy atom. The highest BCUT2D eigenvalue weighted by Crippen LogP contribution is 2.32. The standard InChI is InChI=1S/C30H35N3O2/c1-4-19-32(21-27(34)20-25-11-7-5-8-12-25)22-29-24(3)31-33(26-13-9-6-10-14-26)30(29)35-28-17-15-23(2)16-18-28/h5-18,27,34H,4,19-22H2,1-3H3/t27-/m0/s1. The van der Waals surface area contributed by atoms with Crippen LogP contribution in [0.4, 0.5) is 0 Å². The molecule has 4 aromatic rings. The van der Waals surface area contributed by atoms with E-state index >= 15 is 0 Å². The van der Waals surface area contributed by atoms with Gasteiger partial charge in [-0.25, -0.2) is 4.68 Å². The summed E-state index contributed by atoms with van der Waals surface area (Å²) in [6.07, 6.45) is 1.18. The molecule has 0 bridgehead atoms. The van der Waals surface area contributed by atoms with E-state index in [1.54, 1.807) is 0 Å². The second-order valence-corrected chi connectivity index (χ2v) is 9.11. The number of rotatable bonds is 11. The first kappa shape index (κ1) is 24.7. The maximum atomic E-state index is 10.9. The first-order valence-corrected chi connectivity index (χ1v) is 12.4. The summed E-state index contributed by atoms with van der Waals surface area (Å²) in [5.41, 5.74) is 5.25. The molecule has 0 aliphatic carbocycles. The zero-order valence-corrected chi connectivity index (χ0v) is 20.9. The van der Waals surface area contributed by atoms with Gasteiger partial charge >= 0.3 is 0 Å².